The molecule has 0 aliphatic carbocycles. The maximum absolute atomic E-state index is 8.95. The van der Waals surface area contributed by atoms with E-state index in [1.54, 1.807) is 11.3 Å². The average molecular weight is 454 g/mol. The van der Waals surface area contributed by atoms with E-state index in [2.05, 4.69) is 38.0 Å². The van der Waals surface area contributed by atoms with Gasteiger partial charge in [0.15, 0.2) is 5.96 Å². The van der Waals surface area contributed by atoms with Gasteiger partial charge in [-0.1, -0.05) is 6.07 Å². The lowest BCUT2D eigenvalue weighted by atomic mass is 10.2. The predicted octanol–water partition coefficient (Wildman–Crippen LogP) is 1.29. The summed E-state index contributed by atoms with van der Waals surface area (Å²) in [7, 11) is 0. The number of ether oxygens (including phenoxy) is 1. The number of guanidine groups is 1. The summed E-state index contributed by atoms with van der Waals surface area (Å²) in [6.07, 6.45) is 0. The third-order valence-corrected chi connectivity index (χ3v) is 4.50. The van der Waals surface area contributed by atoms with Gasteiger partial charge in [0, 0.05) is 31.1 Å². The first-order valence-corrected chi connectivity index (χ1v) is 8.71. The molecule has 0 saturated carbocycles. The second-order valence-corrected chi connectivity index (χ2v) is 6.03. The van der Waals surface area contributed by atoms with Crippen LogP contribution in [0, 0.1) is 0 Å². The van der Waals surface area contributed by atoms with Crippen LogP contribution in [0.4, 0.5) is 0 Å². The number of aliphatic hydroxyl groups is 1. The first kappa shape index (κ1) is 20.6. The number of hydrogen-bond acceptors (Lipinski definition) is 5. The quantitative estimate of drug-likeness (QED) is 0.329. The van der Waals surface area contributed by atoms with E-state index in [4.69, 9.17) is 9.84 Å². The molecular formula is C15H27IN4O2S. The second-order valence-electron chi connectivity index (χ2n) is 5.05. The minimum Gasteiger partial charge on any atom is -0.395 e. The van der Waals surface area contributed by atoms with Crippen LogP contribution in [-0.2, 0) is 4.74 Å². The van der Waals surface area contributed by atoms with Crippen molar-refractivity contribution in [3.63, 3.8) is 0 Å². The largest absolute Gasteiger partial charge is 0.395 e. The molecule has 132 valence electrons. The Morgan fingerprint density at radius 2 is 2.22 bits per heavy atom. The number of rotatable bonds is 7. The topological polar surface area (TPSA) is 69.1 Å². The molecule has 6 nitrogen and oxygen atoms in total. The van der Waals surface area contributed by atoms with Gasteiger partial charge in [0.25, 0.3) is 0 Å². The highest BCUT2D eigenvalue weighted by Gasteiger charge is 2.23. The van der Waals surface area contributed by atoms with Crippen LogP contribution in [0.2, 0.25) is 0 Å². The van der Waals surface area contributed by atoms with Crippen molar-refractivity contribution in [2.24, 2.45) is 4.99 Å². The molecule has 1 atom stereocenters. The van der Waals surface area contributed by atoms with Gasteiger partial charge in [0.2, 0.25) is 0 Å². The van der Waals surface area contributed by atoms with Gasteiger partial charge in [-0.15, -0.1) is 35.3 Å². The molecule has 1 aliphatic heterocycles. The monoisotopic (exact) mass is 454 g/mol. The number of halogens is 1. The number of hydrogen-bond donors (Lipinski definition) is 3. The first-order valence-electron chi connectivity index (χ1n) is 7.83. The van der Waals surface area contributed by atoms with Gasteiger partial charge < -0.3 is 20.5 Å². The van der Waals surface area contributed by atoms with Crippen molar-refractivity contribution < 1.29 is 9.84 Å². The maximum atomic E-state index is 8.95. The predicted molar refractivity (Wildman–Crippen MR) is 106 cm³/mol. The molecule has 0 bridgehead atoms. The number of aliphatic hydroxyl groups excluding tert-OH is 1. The molecule has 0 spiro atoms. The minimum atomic E-state index is 0. The molecule has 1 aliphatic rings. The summed E-state index contributed by atoms with van der Waals surface area (Å²) < 4.78 is 5.46. The van der Waals surface area contributed by atoms with Crippen LogP contribution < -0.4 is 10.6 Å². The van der Waals surface area contributed by atoms with Crippen molar-refractivity contribution in [2.45, 2.75) is 13.0 Å². The molecule has 1 unspecified atom stereocenters. The molecule has 3 N–H and O–H groups in total. The summed E-state index contributed by atoms with van der Waals surface area (Å²) in [6, 6.07) is 4.55. The van der Waals surface area contributed by atoms with E-state index in [0.29, 0.717) is 13.1 Å². The molecule has 23 heavy (non-hydrogen) atoms. The number of morpholine rings is 1. The molecule has 8 heteroatoms. The summed E-state index contributed by atoms with van der Waals surface area (Å²) in [5.41, 5.74) is 0. The van der Waals surface area contributed by atoms with E-state index < -0.39 is 0 Å². The van der Waals surface area contributed by atoms with Crippen molar-refractivity contribution in [3.8, 4) is 0 Å². The molecule has 1 fully saturated rings. The Hall–Kier alpha value is -0.420. The van der Waals surface area contributed by atoms with Gasteiger partial charge in [-0.3, -0.25) is 9.89 Å². The van der Waals surface area contributed by atoms with Crippen LogP contribution in [0.5, 0.6) is 0 Å². The van der Waals surface area contributed by atoms with E-state index in [1.165, 1.54) is 4.88 Å². The van der Waals surface area contributed by atoms with Crippen molar-refractivity contribution in [3.05, 3.63) is 22.4 Å². The number of aliphatic imine (C=N–C) groups is 1. The molecule has 1 aromatic heterocycles. The van der Waals surface area contributed by atoms with E-state index in [-0.39, 0.29) is 36.6 Å². The van der Waals surface area contributed by atoms with Crippen LogP contribution in [0.3, 0.4) is 0 Å². The Labute approximate surface area is 159 Å². The van der Waals surface area contributed by atoms with Crippen LogP contribution in [0.15, 0.2) is 22.5 Å². The highest BCUT2D eigenvalue weighted by molar-refractivity contribution is 14.0. The molecule has 1 saturated heterocycles. The van der Waals surface area contributed by atoms with Crippen LogP contribution >= 0.6 is 35.3 Å². The summed E-state index contributed by atoms with van der Waals surface area (Å²) in [5.74, 6) is 0.756. The summed E-state index contributed by atoms with van der Waals surface area (Å²) in [6.45, 7) is 7.60. The Balaban J connectivity index is 0.00000264. The summed E-state index contributed by atoms with van der Waals surface area (Å²) >= 11 is 1.77. The molecule has 0 radical (unpaired) electrons. The van der Waals surface area contributed by atoms with Crippen LogP contribution in [0.1, 0.15) is 17.8 Å². The van der Waals surface area contributed by atoms with Gasteiger partial charge in [0.1, 0.15) is 0 Å². The van der Waals surface area contributed by atoms with Gasteiger partial charge in [-0.05, 0) is 18.4 Å². The van der Waals surface area contributed by atoms with Crippen molar-refractivity contribution in [2.75, 3.05) is 52.5 Å². The number of nitrogens with one attached hydrogen (secondary N) is 2. The van der Waals surface area contributed by atoms with Crippen molar-refractivity contribution >= 4 is 41.3 Å². The smallest absolute Gasteiger partial charge is 0.191 e. The summed E-state index contributed by atoms with van der Waals surface area (Å²) in [5, 5.41) is 17.4. The lowest BCUT2D eigenvalue weighted by Gasteiger charge is -2.33. The third-order valence-electron chi connectivity index (χ3n) is 3.53. The van der Waals surface area contributed by atoms with E-state index >= 15 is 0 Å². The normalized spacial score (nSPS) is 17.4. The van der Waals surface area contributed by atoms with Crippen molar-refractivity contribution in [1.82, 2.24) is 15.5 Å². The average Bonchev–Trinajstić information content (AvgIpc) is 3.08. The third kappa shape index (κ3) is 6.92. The molecule has 1 aromatic rings. The van der Waals surface area contributed by atoms with Crippen molar-refractivity contribution in [1.29, 1.82) is 0 Å². The first-order chi connectivity index (χ1) is 10.8. The lowest BCUT2D eigenvalue weighted by molar-refractivity contribution is 0.0186. The fourth-order valence-corrected chi connectivity index (χ4v) is 3.30. The van der Waals surface area contributed by atoms with Gasteiger partial charge in [-0.2, -0.15) is 0 Å². The highest BCUT2D eigenvalue weighted by Crippen LogP contribution is 2.26. The number of thiophene rings is 1. The molecule has 2 rings (SSSR count). The minimum absolute atomic E-state index is 0. The highest BCUT2D eigenvalue weighted by atomic mass is 127. The zero-order chi connectivity index (χ0) is 15.6. The van der Waals surface area contributed by atoms with Crippen LogP contribution in [-0.4, -0.2) is 68.5 Å². The fraction of sp³-hybridized carbons (Fsp3) is 0.667. The molecular weight excluding hydrogens is 427 g/mol. The van der Waals surface area contributed by atoms with E-state index in [0.717, 1.165) is 38.8 Å². The lowest BCUT2D eigenvalue weighted by Crippen LogP contribution is -2.42. The Morgan fingerprint density at radius 3 is 2.83 bits per heavy atom. The van der Waals surface area contributed by atoms with Gasteiger partial charge in [-0.25, -0.2) is 0 Å². The SMILES string of the molecule is CCNC(=NCC(c1cccs1)N1CCOCC1)NCCO.I. The van der Waals surface area contributed by atoms with Crippen LogP contribution in [0.25, 0.3) is 0 Å². The second kappa shape index (κ2) is 12.0. The molecule has 0 aromatic carbocycles. The zero-order valence-corrected chi connectivity index (χ0v) is 16.7. The van der Waals surface area contributed by atoms with E-state index in [9.17, 15) is 0 Å². The van der Waals surface area contributed by atoms with Gasteiger partial charge >= 0.3 is 0 Å². The van der Waals surface area contributed by atoms with Gasteiger partial charge in [0.05, 0.1) is 32.4 Å². The Kier molecular flexibility index (Phi) is 10.8. The maximum Gasteiger partial charge on any atom is 0.191 e. The summed E-state index contributed by atoms with van der Waals surface area (Å²) in [4.78, 5) is 8.47. The standard InChI is InChI=1S/C15H26N4O2S.HI/c1-2-16-15(17-5-8-20)18-12-13(14-4-3-11-22-14)19-6-9-21-10-7-19;/h3-4,11,13,20H,2,5-10,12H2,1H3,(H2,16,17,18);1H. The zero-order valence-electron chi connectivity index (χ0n) is 13.5. The number of nitrogens with zero attached hydrogens (tertiary/aromatic N) is 2. The molecule has 2 heterocycles. The Bertz CT molecular complexity index is 439. The fourth-order valence-electron chi connectivity index (χ4n) is 2.45. The molecule has 0 amide bonds. The Morgan fingerprint density at radius 1 is 1.43 bits per heavy atom. The van der Waals surface area contributed by atoms with E-state index in [1.807, 2.05) is 6.92 Å².